The predicted octanol–water partition coefficient (Wildman–Crippen LogP) is 0.422. The van der Waals surface area contributed by atoms with Gasteiger partial charge in [0.25, 0.3) is 0 Å². The largest absolute Gasteiger partial charge is 1.00 e. The van der Waals surface area contributed by atoms with Gasteiger partial charge in [0.2, 0.25) is 0 Å². The van der Waals surface area contributed by atoms with Gasteiger partial charge in [-0.2, -0.15) is 0 Å². The van der Waals surface area contributed by atoms with Gasteiger partial charge >= 0.3 is 0 Å². The third-order valence-corrected chi connectivity index (χ3v) is 13.7. The van der Waals surface area contributed by atoms with Crippen molar-refractivity contribution >= 4 is 29.3 Å². The second-order valence-corrected chi connectivity index (χ2v) is 19.9. The number of hydrogen-bond acceptors (Lipinski definition) is 3. The van der Waals surface area contributed by atoms with Crippen LogP contribution < -0.4 is 12.4 Å². The fourth-order valence-corrected chi connectivity index (χ4v) is 11.7. The molecule has 8 heteroatoms. The first-order valence-electron chi connectivity index (χ1n) is 12.2. The van der Waals surface area contributed by atoms with Crippen molar-refractivity contribution in [2.45, 2.75) is 94.7 Å². The van der Waals surface area contributed by atoms with Gasteiger partial charge < -0.3 is 30.2 Å². The lowest BCUT2D eigenvalue weighted by Crippen LogP contribution is -3.00. The minimum Gasteiger partial charge on any atom is -1.00 e. The summed E-state index contributed by atoms with van der Waals surface area (Å²) in [5, 5.41) is 0. The van der Waals surface area contributed by atoms with Gasteiger partial charge in [-0.1, -0.05) is 71.1 Å². The van der Waals surface area contributed by atoms with Crippen LogP contribution in [0, 0.1) is 0 Å². The zero-order chi connectivity index (χ0) is 21.8. The van der Waals surface area contributed by atoms with Crippen molar-refractivity contribution < 1.29 is 30.2 Å². The number of rotatable bonds is 22. The highest BCUT2D eigenvalue weighted by molar-refractivity contribution is 6.74. The summed E-state index contributed by atoms with van der Waals surface area (Å²) in [5.41, 5.74) is 0. The van der Waals surface area contributed by atoms with E-state index in [0.29, 0.717) is 4.28 Å². The summed E-state index contributed by atoms with van der Waals surface area (Å²) in [7, 11) is 8.81. The van der Waals surface area contributed by atoms with E-state index in [1.807, 2.05) is 21.3 Å². The zero-order valence-electron chi connectivity index (χ0n) is 21.3. The average Bonchev–Trinajstić information content (AvgIpc) is 2.68. The molecule has 0 amide bonds. The molecule has 0 N–H and O–H groups in total. The van der Waals surface area contributed by atoms with Crippen molar-refractivity contribution in [1.29, 1.82) is 0 Å². The quantitative estimate of drug-likeness (QED) is 0.123. The van der Waals surface area contributed by atoms with Crippen molar-refractivity contribution in [3.05, 3.63) is 0 Å². The highest BCUT2D eigenvalue weighted by Crippen LogP contribution is 2.28. The maximum atomic E-state index is 5.70. The van der Waals surface area contributed by atoms with Gasteiger partial charge in [0.15, 0.2) is 29.3 Å². The second-order valence-electron chi connectivity index (χ2n) is 9.82. The van der Waals surface area contributed by atoms with Gasteiger partial charge in [0.05, 0.1) is 27.2 Å². The zero-order valence-corrected chi connectivity index (χ0v) is 26.3. The SMILES string of the molecule is CCCCCCCCCCCCCC[N+](C)(C)CCC([SiH2]OC)([SiH2]OC)[SiH2]OC.[Cl-]. The third kappa shape index (κ3) is 18.4. The summed E-state index contributed by atoms with van der Waals surface area (Å²) in [6, 6.07) is 0. The molecule has 184 valence electrons. The molecule has 0 saturated heterocycles. The smallest absolute Gasteiger partial charge is 0.165 e. The molecule has 0 aliphatic rings. The Balaban J connectivity index is 0. The Bertz CT molecular complexity index is 349. The number of halogens is 1. The van der Waals surface area contributed by atoms with Crippen LogP contribution in [0.4, 0.5) is 0 Å². The summed E-state index contributed by atoms with van der Waals surface area (Å²) in [5.74, 6) is 0. The summed E-state index contributed by atoms with van der Waals surface area (Å²) >= 11 is 0. The molecule has 0 atom stereocenters. The molecule has 0 spiro atoms. The van der Waals surface area contributed by atoms with Crippen molar-refractivity contribution in [2.75, 3.05) is 48.5 Å². The van der Waals surface area contributed by atoms with E-state index >= 15 is 0 Å². The van der Waals surface area contributed by atoms with Crippen LogP contribution in [-0.2, 0) is 13.3 Å². The summed E-state index contributed by atoms with van der Waals surface area (Å²) in [4.78, 5) is 0. The minimum atomic E-state index is -0.543. The van der Waals surface area contributed by atoms with E-state index in [1.54, 1.807) is 0 Å². The average molecular weight is 500 g/mol. The first-order chi connectivity index (χ1) is 13.9. The molecular weight excluding hydrogens is 446 g/mol. The molecule has 30 heavy (non-hydrogen) atoms. The van der Waals surface area contributed by atoms with Crippen LogP contribution in [0.2, 0.25) is 4.28 Å². The van der Waals surface area contributed by atoms with Crippen LogP contribution in [0.3, 0.4) is 0 Å². The van der Waals surface area contributed by atoms with E-state index in [0.717, 1.165) is 4.48 Å². The lowest BCUT2D eigenvalue weighted by Gasteiger charge is -2.36. The van der Waals surface area contributed by atoms with Gasteiger partial charge in [0.1, 0.15) is 0 Å². The van der Waals surface area contributed by atoms with Crippen LogP contribution in [0.1, 0.15) is 90.4 Å². The van der Waals surface area contributed by atoms with Gasteiger partial charge in [-0.3, -0.25) is 0 Å². The lowest BCUT2D eigenvalue weighted by molar-refractivity contribution is -0.890. The van der Waals surface area contributed by atoms with Crippen LogP contribution in [0.15, 0.2) is 0 Å². The molecule has 4 nitrogen and oxygen atoms in total. The first-order valence-corrected chi connectivity index (χ1v) is 16.1. The predicted molar refractivity (Wildman–Crippen MR) is 137 cm³/mol. The highest BCUT2D eigenvalue weighted by atomic mass is 35.5. The first kappa shape index (κ1) is 33.0. The highest BCUT2D eigenvalue weighted by Gasteiger charge is 2.35. The minimum absolute atomic E-state index is 0. The summed E-state index contributed by atoms with van der Waals surface area (Å²) in [6.45, 7) is 4.83. The van der Waals surface area contributed by atoms with Crippen molar-refractivity contribution in [3.63, 3.8) is 0 Å². The summed E-state index contributed by atoms with van der Waals surface area (Å²) in [6.07, 6.45) is 18.3. The van der Waals surface area contributed by atoms with E-state index in [1.165, 1.54) is 96.6 Å². The van der Waals surface area contributed by atoms with Crippen LogP contribution in [-0.4, -0.2) is 82.3 Å². The molecule has 0 saturated carbocycles. The van der Waals surface area contributed by atoms with E-state index in [-0.39, 0.29) is 12.4 Å². The van der Waals surface area contributed by atoms with Crippen LogP contribution in [0.25, 0.3) is 0 Å². The van der Waals surface area contributed by atoms with Gasteiger partial charge in [-0.05, 0) is 19.3 Å². The number of nitrogens with zero attached hydrogens (tertiary/aromatic N) is 1. The molecule has 0 aromatic rings. The van der Waals surface area contributed by atoms with Crippen LogP contribution >= 0.6 is 0 Å². The van der Waals surface area contributed by atoms with Crippen molar-refractivity contribution in [2.24, 2.45) is 0 Å². The Kier molecular flexibility index (Phi) is 23.7. The molecular formula is C22H54ClNO3Si3. The molecule has 0 heterocycles. The maximum absolute atomic E-state index is 5.70. The Morgan fingerprint density at radius 3 is 1.33 bits per heavy atom. The fourth-order valence-electron chi connectivity index (χ4n) is 4.29. The lowest BCUT2D eigenvalue weighted by atomic mass is 10.1. The summed E-state index contributed by atoms with van der Waals surface area (Å²) < 4.78 is 18.6. The standard InChI is InChI=1S/C22H54NO3Si3.ClH/c1-7-8-9-10-11-12-13-14-15-16-17-18-20-23(2,3)21-19-22(27-24-4,28-25-5)29-26-6;/h7-21,27-29H2,1-6H3;1H/q+1;/p-1. The van der Waals surface area contributed by atoms with E-state index in [9.17, 15) is 0 Å². The molecule has 0 aliphatic heterocycles. The third-order valence-electron chi connectivity index (χ3n) is 6.22. The monoisotopic (exact) mass is 499 g/mol. The molecule has 0 aromatic heterocycles. The molecule has 0 radical (unpaired) electrons. The molecule has 0 aliphatic carbocycles. The number of quaternary nitrogens is 1. The Morgan fingerprint density at radius 2 is 0.967 bits per heavy atom. The van der Waals surface area contributed by atoms with Crippen molar-refractivity contribution in [1.82, 2.24) is 0 Å². The molecule has 0 unspecified atom stereocenters. The fraction of sp³-hybridized carbons (Fsp3) is 1.00. The Hall–Kier alpha value is 0.781. The normalized spacial score (nSPS) is 15.0. The van der Waals surface area contributed by atoms with E-state index in [4.69, 9.17) is 13.3 Å². The number of hydrogen-bond donors (Lipinski definition) is 0. The van der Waals surface area contributed by atoms with Gasteiger partial charge in [-0.25, -0.2) is 0 Å². The molecule has 0 aromatic carbocycles. The van der Waals surface area contributed by atoms with Gasteiger partial charge in [0, 0.05) is 25.6 Å². The second kappa shape index (κ2) is 21.6. The maximum Gasteiger partial charge on any atom is 0.165 e. The molecule has 0 fully saturated rings. The Morgan fingerprint density at radius 1 is 0.600 bits per heavy atom. The van der Waals surface area contributed by atoms with E-state index < -0.39 is 29.3 Å². The topological polar surface area (TPSA) is 27.7 Å². The number of unbranched alkanes of at least 4 members (excludes halogenated alkanes) is 11. The van der Waals surface area contributed by atoms with Gasteiger partial charge in [-0.15, -0.1) is 0 Å². The van der Waals surface area contributed by atoms with Crippen molar-refractivity contribution in [3.8, 4) is 0 Å². The Labute approximate surface area is 202 Å². The van der Waals surface area contributed by atoms with E-state index in [2.05, 4.69) is 21.0 Å². The van der Waals surface area contributed by atoms with Crippen LogP contribution in [0.5, 0.6) is 0 Å². The molecule has 0 rings (SSSR count). The molecule has 0 bridgehead atoms.